The molecule has 2 rings (SSSR count). The predicted octanol–water partition coefficient (Wildman–Crippen LogP) is 3.08. The van der Waals surface area contributed by atoms with Gasteiger partial charge in [-0.2, -0.15) is 0 Å². The largest absolute Gasteiger partial charge is 0.462 e. The summed E-state index contributed by atoms with van der Waals surface area (Å²) in [7, 11) is 0. The highest BCUT2D eigenvalue weighted by Gasteiger charge is 2.13. The standard InChI is InChI=1S/C15H13FO4/c1-3-19-15(18)11-6-10-4-5-12(16)8-13(10)14(7-11)20-9(2)17/h4-8H,3H2,1-2H3. The molecule has 0 amide bonds. The number of hydrogen-bond acceptors (Lipinski definition) is 4. The van der Waals surface area contributed by atoms with Crippen molar-refractivity contribution in [2.24, 2.45) is 0 Å². The fraction of sp³-hybridized carbons (Fsp3) is 0.200. The molecule has 0 aliphatic rings. The number of esters is 2. The molecule has 0 bridgehead atoms. The zero-order valence-electron chi connectivity index (χ0n) is 11.1. The second kappa shape index (κ2) is 5.69. The summed E-state index contributed by atoms with van der Waals surface area (Å²) in [5.74, 6) is -1.38. The Hall–Kier alpha value is -2.43. The summed E-state index contributed by atoms with van der Waals surface area (Å²) in [6, 6.07) is 6.98. The van der Waals surface area contributed by atoms with Gasteiger partial charge in [0.1, 0.15) is 11.6 Å². The monoisotopic (exact) mass is 276 g/mol. The Labute approximate surface area is 115 Å². The number of hydrogen-bond donors (Lipinski definition) is 0. The van der Waals surface area contributed by atoms with Crippen molar-refractivity contribution in [3.63, 3.8) is 0 Å². The van der Waals surface area contributed by atoms with Gasteiger partial charge in [0.25, 0.3) is 0 Å². The zero-order valence-corrected chi connectivity index (χ0v) is 11.1. The first-order valence-corrected chi connectivity index (χ1v) is 6.10. The van der Waals surface area contributed by atoms with Crippen LogP contribution < -0.4 is 4.74 Å². The van der Waals surface area contributed by atoms with Gasteiger partial charge in [-0.05, 0) is 36.6 Å². The maximum Gasteiger partial charge on any atom is 0.338 e. The van der Waals surface area contributed by atoms with E-state index in [1.807, 2.05) is 0 Å². The summed E-state index contributed by atoms with van der Waals surface area (Å²) in [5, 5.41) is 1.02. The molecule has 4 nitrogen and oxygen atoms in total. The van der Waals surface area contributed by atoms with Crippen molar-refractivity contribution in [3.05, 3.63) is 41.7 Å². The minimum atomic E-state index is -0.545. The molecule has 0 saturated carbocycles. The average molecular weight is 276 g/mol. The first kappa shape index (κ1) is 14.0. The maximum atomic E-state index is 13.3. The quantitative estimate of drug-likeness (QED) is 0.638. The van der Waals surface area contributed by atoms with E-state index in [2.05, 4.69) is 0 Å². The van der Waals surface area contributed by atoms with Crippen molar-refractivity contribution < 1.29 is 23.5 Å². The molecular weight excluding hydrogens is 263 g/mol. The summed E-state index contributed by atoms with van der Waals surface area (Å²) in [5.41, 5.74) is 0.252. The number of rotatable bonds is 3. The number of carbonyl (C=O) groups is 2. The van der Waals surface area contributed by atoms with Gasteiger partial charge in [0.05, 0.1) is 12.2 Å². The maximum absolute atomic E-state index is 13.3. The van der Waals surface area contributed by atoms with Crippen molar-refractivity contribution >= 4 is 22.7 Å². The van der Waals surface area contributed by atoms with Crippen LogP contribution >= 0.6 is 0 Å². The Balaban J connectivity index is 2.60. The van der Waals surface area contributed by atoms with Crippen LogP contribution in [0.25, 0.3) is 10.8 Å². The fourth-order valence-corrected chi connectivity index (χ4v) is 1.87. The van der Waals surface area contributed by atoms with Gasteiger partial charge in [-0.3, -0.25) is 4.79 Å². The van der Waals surface area contributed by atoms with Crippen LogP contribution in [0.3, 0.4) is 0 Å². The van der Waals surface area contributed by atoms with Crippen LogP contribution in [-0.2, 0) is 9.53 Å². The molecule has 0 fully saturated rings. The highest BCUT2D eigenvalue weighted by atomic mass is 19.1. The number of halogens is 1. The lowest BCUT2D eigenvalue weighted by Gasteiger charge is -2.09. The Morgan fingerprint density at radius 1 is 1.20 bits per heavy atom. The van der Waals surface area contributed by atoms with Gasteiger partial charge in [-0.1, -0.05) is 6.07 Å². The molecule has 0 aromatic heterocycles. The van der Waals surface area contributed by atoms with Crippen molar-refractivity contribution in [2.75, 3.05) is 6.61 Å². The van der Waals surface area contributed by atoms with Crippen LogP contribution in [0.1, 0.15) is 24.2 Å². The minimum Gasteiger partial charge on any atom is -0.462 e. The lowest BCUT2D eigenvalue weighted by atomic mass is 10.1. The SMILES string of the molecule is CCOC(=O)c1cc(OC(C)=O)c2cc(F)ccc2c1. The van der Waals surface area contributed by atoms with Crippen LogP contribution in [0.2, 0.25) is 0 Å². The number of carbonyl (C=O) groups excluding carboxylic acids is 2. The Bertz CT molecular complexity index is 679. The first-order valence-electron chi connectivity index (χ1n) is 6.10. The zero-order chi connectivity index (χ0) is 14.7. The highest BCUT2D eigenvalue weighted by Crippen LogP contribution is 2.29. The van der Waals surface area contributed by atoms with Crippen LogP contribution in [0, 0.1) is 5.82 Å². The molecule has 0 radical (unpaired) electrons. The van der Waals surface area contributed by atoms with E-state index in [1.54, 1.807) is 13.0 Å². The number of fused-ring (bicyclic) bond motifs is 1. The van der Waals surface area contributed by atoms with Gasteiger partial charge in [-0.25, -0.2) is 9.18 Å². The second-order valence-electron chi connectivity index (χ2n) is 4.15. The minimum absolute atomic E-state index is 0.137. The lowest BCUT2D eigenvalue weighted by Crippen LogP contribution is -2.07. The van der Waals surface area contributed by atoms with Crippen molar-refractivity contribution in [1.29, 1.82) is 0 Å². The van der Waals surface area contributed by atoms with E-state index >= 15 is 0 Å². The molecular formula is C15H13FO4. The molecule has 2 aromatic rings. The van der Waals surface area contributed by atoms with E-state index in [1.165, 1.54) is 31.2 Å². The van der Waals surface area contributed by atoms with Gasteiger partial charge < -0.3 is 9.47 Å². The molecule has 0 spiro atoms. The van der Waals surface area contributed by atoms with Crippen LogP contribution in [0.15, 0.2) is 30.3 Å². The molecule has 0 N–H and O–H groups in total. The molecule has 2 aromatic carbocycles. The third-order valence-corrected chi connectivity index (χ3v) is 2.64. The molecule has 104 valence electrons. The molecule has 0 atom stereocenters. The molecule has 0 aliphatic heterocycles. The van der Waals surface area contributed by atoms with Crippen molar-refractivity contribution in [1.82, 2.24) is 0 Å². The molecule has 0 heterocycles. The molecule has 0 unspecified atom stereocenters. The average Bonchev–Trinajstić information content (AvgIpc) is 2.38. The second-order valence-corrected chi connectivity index (χ2v) is 4.15. The van der Waals surface area contributed by atoms with E-state index in [-0.39, 0.29) is 17.9 Å². The van der Waals surface area contributed by atoms with E-state index in [4.69, 9.17) is 9.47 Å². The van der Waals surface area contributed by atoms with Crippen LogP contribution in [0.4, 0.5) is 4.39 Å². The summed E-state index contributed by atoms with van der Waals surface area (Å²) in [4.78, 5) is 22.9. The normalized spacial score (nSPS) is 10.3. The van der Waals surface area contributed by atoms with Crippen LogP contribution in [-0.4, -0.2) is 18.5 Å². The van der Waals surface area contributed by atoms with E-state index in [0.717, 1.165) is 0 Å². The molecule has 20 heavy (non-hydrogen) atoms. The Kier molecular flexibility index (Phi) is 3.98. The van der Waals surface area contributed by atoms with Crippen molar-refractivity contribution in [3.8, 4) is 5.75 Å². The van der Waals surface area contributed by atoms with Gasteiger partial charge >= 0.3 is 11.9 Å². The summed E-state index contributed by atoms with van der Waals surface area (Å²) < 4.78 is 23.2. The van der Waals surface area contributed by atoms with Crippen LogP contribution in [0.5, 0.6) is 5.75 Å². The molecule has 5 heteroatoms. The van der Waals surface area contributed by atoms with E-state index < -0.39 is 17.8 Å². The number of ether oxygens (including phenoxy) is 2. The lowest BCUT2D eigenvalue weighted by molar-refractivity contribution is -0.131. The summed E-state index contributed by atoms with van der Waals surface area (Å²) in [6.45, 7) is 3.17. The van der Waals surface area contributed by atoms with Crippen molar-refractivity contribution in [2.45, 2.75) is 13.8 Å². The molecule has 0 aliphatic carbocycles. The van der Waals surface area contributed by atoms with Gasteiger partial charge in [-0.15, -0.1) is 0 Å². The van der Waals surface area contributed by atoms with Gasteiger partial charge in [0.15, 0.2) is 0 Å². The topological polar surface area (TPSA) is 52.6 Å². The smallest absolute Gasteiger partial charge is 0.338 e. The van der Waals surface area contributed by atoms with E-state index in [0.29, 0.717) is 10.8 Å². The molecule has 0 saturated heterocycles. The van der Waals surface area contributed by atoms with Gasteiger partial charge in [0.2, 0.25) is 0 Å². The Morgan fingerprint density at radius 2 is 1.95 bits per heavy atom. The van der Waals surface area contributed by atoms with E-state index in [9.17, 15) is 14.0 Å². The fourth-order valence-electron chi connectivity index (χ4n) is 1.87. The van der Waals surface area contributed by atoms with Gasteiger partial charge in [0, 0.05) is 12.3 Å². The Morgan fingerprint density at radius 3 is 2.60 bits per heavy atom. The third-order valence-electron chi connectivity index (χ3n) is 2.64. The predicted molar refractivity (Wildman–Crippen MR) is 71.2 cm³/mol. The summed E-state index contributed by atoms with van der Waals surface area (Å²) >= 11 is 0. The highest BCUT2D eigenvalue weighted by molar-refractivity contribution is 5.99. The summed E-state index contributed by atoms with van der Waals surface area (Å²) in [6.07, 6.45) is 0. The first-order chi connectivity index (χ1) is 9.51. The number of benzene rings is 2. The third kappa shape index (κ3) is 2.93.